The first-order valence-electron chi connectivity index (χ1n) is 0. The van der Waals surface area contributed by atoms with Crippen molar-refractivity contribution in [3.8, 4) is 0 Å². The van der Waals surface area contributed by atoms with Gasteiger partial charge in [0.25, 0.3) is 0 Å². The number of rotatable bonds is 0. The van der Waals surface area contributed by atoms with Crippen LogP contribution < -0.4 is 0 Å². The Morgan fingerprint density at radius 1 is 0.400 bits per heavy atom. The van der Waals surface area contributed by atoms with Gasteiger partial charge < -0.3 is 0 Å². The van der Waals surface area contributed by atoms with Gasteiger partial charge in [-0.05, 0) is 0 Å². The van der Waals surface area contributed by atoms with E-state index in [0.29, 0.717) is 0 Å². The first kappa shape index (κ1) is 34.7. The molecule has 0 spiro atoms. The van der Waals surface area contributed by atoms with Gasteiger partial charge in [-0.15, -0.1) is 0 Å². The van der Waals surface area contributed by atoms with Gasteiger partial charge in [0, 0.05) is 133 Å². The second-order valence-electron chi connectivity index (χ2n) is 0. The van der Waals surface area contributed by atoms with Crippen LogP contribution in [-0.2, 0) is 0 Å². The summed E-state index contributed by atoms with van der Waals surface area (Å²) < 4.78 is 0. The number of hydrogen-bond donors (Lipinski definition) is 0. The standard InChI is InChI=1S/2Gd.3Ge. The molecule has 0 aliphatic heterocycles. The topological polar surface area (TPSA) is 0 Å². The van der Waals surface area contributed by atoms with Crippen LogP contribution in [0.5, 0.6) is 0 Å². The minimum absolute atomic E-state index is 0. The Morgan fingerprint density at radius 3 is 0.400 bits per heavy atom. The Kier molecular flexibility index (Phi) is 166. The van der Waals surface area contributed by atoms with Crippen LogP contribution in [0.3, 0.4) is 0 Å². The van der Waals surface area contributed by atoms with Crippen molar-refractivity contribution in [2.24, 2.45) is 0 Å². The maximum Gasteiger partial charge on any atom is 0 e. The van der Waals surface area contributed by atoms with E-state index in [1.54, 1.807) is 0 Å². The van der Waals surface area contributed by atoms with Crippen molar-refractivity contribution in [2.75, 3.05) is 0 Å². The second kappa shape index (κ2) is 24.0. The van der Waals surface area contributed by atoms with Gasteiger partial charge in [-0.25, -0.2) is 0 Å². The monoisotopic (exact) mass is 538 g/mol. The summed E-state index contributed by atoms with van der Waals surface area (Å²) in [6.07, 6.45) is 0. The molecule has 0 nitrogen and oxygen atoms in total. The van der Waals surface area contributed by atoms with E-state index < -0.39 is 0 Å². The van der Waals surface area contributed by atoms with Gasteiger partial charge >= 0.3 is 0 Å². The smallest absolute Gasteiger partial charge is 0 e. The summed E-state index contributed by atoms with van der Waals surface area (Å²) in [7, 11) is 0. The molecule has 5 heteroatoms. The quantitative estimate of drug-likeness (QED) is 0.347. The zero-order chi connectivity index (χ0) is 0. The first-order valence-corrected chi connectivity index (χ1v) is 0. The molecule has 0 aromatic heterocycles. The van der Waals surface area contributed by atoms with E-state index in [4.69, 9.17) is 0 Å². The largest absolute Gasteiger partial charge is 0 e. The van der Waals surface area contributed by atoms with Crippen LogP contribution in [0.1, 0.15) is 0 Å². The van der Waals surface area contributed by atoms with Gasteiger partial charge in [0.05, 0.1) is 0 Å². The Morgan fingerprint density at radius 2 is 0.400 bits per heavy atom. The summed E-state index contributed by atoms with van der Waals surface area (Å²) in [5.41, 5.74) is 0. The molecule has 0 atom stereocenters. The fraction of sp³-hybridized carbons (Fsp3) is 0. The molecule has 0 aliphatic carbocycles. The summed E-state index contributed by atoms with van der Waals surface area (Å²) in [4.78, 5) is 0. The van der Waals surface area contributed by atoms with Crippen LogP contribution >= 0.6 is 0 Å². The Labute approximate surface area is 129 Å². The van der Waals surface area contributed by atoms with Crippen molar-refractivity contribution in [3.63, 3.8) is 0 Å². The average Bonchev–Trinajstić information content (AvgIpc) is 0. The molecule has 0 N–H and O–H groups in total. The van der Waals surface area contributed by atoms with E-state index >= 15 is 0 Å². The third-order valence-electron chi connectivity index (χ3n) is 0. The summed E-state index contributed by atoms with van der Waals surface area (Å²) in [5.74, 6) is 0. The molecule has 28 valence electrons. The van der Waals surface area contributed by atoms with Gasteiger partial charge in [0.2, 0.25) is 0 Å². The van der Waals surface area contributed by atoms with Crippen molar-refractivity contribution in [3.05, 3.63) is 0 Å². The normalized spacial score (nSPS) is 0. The predicted octanol–water partition coefficient (Wildman–Crippen LogP) is -1.14. The maximum absolute atomic E-state index is 0. The van der Waals surface area contributed by atoms with Crippen LogP contribution in [0, 0.1) is 79.9 Å². The third-order valence-corrected chi connectivity index (χ3v) is 0. The van der Waals surface area contributed by atoms with Crippen LogP contribution in [-0.4, -0.2) is 52.8 Å². The minimum atomic E-state index is 0. The zero-order valence-corrected chi connectivity index (χ0v) is 13.0. The SMILES string of the molecule is [Gd].[Gd].[Ge].[Ge].[Ge]. The molecule has 5 heavy (non-hydrogen) atoms. The van der Waals surface area contributed by atoms with E-state index in [0.717, 1.165) is 0 Å². The van der Waals surface area contributed by atoms with E-state index in [-0.39, 0.29) is 133 Å². The van der Waals surface area contributed by atoms with Crippen molar-refractivity contribution in [2.45, 2.75) is 0 Å². The van der Waals surface area contributed by atoms with E-state index in [1.165, 1.54) is 0 Å². The molecule has 12 radical (unpaired) electrons. The molecular formula is Gd2Ge3. The Hall–Kier alpha value is 4.28. The molecule has 0 fully saturated rings. The van der Waals surface area contributed by atoms with Crippen molar-refractivity contribution >= 4 is 52.8 Å². The molecule has 0 aromatic carbocycles. The molecule has 0 aromatic rings. The van der Waals surface area contributed by atoms with E-state index in [9.17, 15) is 0 Å². The van der Waals surface area contributed by atoms with Crippen LogP contribution in [0.15, 0.2) is 0 Å². The predicted molar refractivity (Wildman–Crippen MR) is 17.3 cm³/mol. The summed E-state index contributed by atoms with van der Waals surface area (Å²) >= 11 is 0. The zero-order valence-electron chi connectivity index (χ0n) is 2.21. The van der Waals surface area contributed by atoms with Crippen LogP contribution in [0.2, 0.25) is 0 Å². The fourth-order valence-electron chi connectivity index (χ4n) is 0. The Balaban J connectivity index is 0. The summed E-state index contributed by atoms with van der Waals surface area (Å²) in [5, 5.41) is 0. The summed E-state index contributed by atoms with van der Waals surface area (Å²) in [6, 6.07) is 0. The molecule has 0 unspecified atom stereocenters. The average molecular weight is 532 g/mol. The molecule has 0 aliphatic rings. The second-order valence-corrected chi connectivity index (χ2v) is 0. The maximum atomic E-state index is 0. The van der Waals surface area contributed by atoms with Crippen molar-refractivity contribution in [1.29, 1.82) is 0 Å². The molecule has 0 rings (SSSR count). The molecule has 0 bridgehead atoms. The summed E-state index contributed by atoms with van der Waals surface area (Å²) in [6.45, 7) is 0. The molecular weight excluding hydrogens is 532 g/mol. The molecule has 0 amide bonds. The minimum Gasteiger partial charge on any atom is 0 e. The first-order chi connectivity index (χ1) is 0. The molecule has 0 saturated carbocycles. The van der Waals surface area contributed by atoms with Crippen molar-refractivity contribution < 1.29 is 79.9 Å². The molecule has 0 saturated heterocycles. The van der Waals surface area contributed by atoms with Crippen LogP contribution in [0.25, 0.3) is 0 Å². The van der Waals surface area contributed by atoms with Crippen molar-refractivity contribution in [1.82, 2.24) is 0 Å². The third kappa shape index (κ3) is 17.8. The van der Waals surface area contributed by atoms with E-state index in [1.807, 2.05) is 0 Å². The van der Waals surface area contributed by atoms with Gasteiger partial charge in [-0.3, -0.25) is 0 Å². The van der Waals surface area contributed by atoms with Crippen LogP contribution in [0.4, 0.5) is 0 Å². The fourth-order valence-corrected chi connectivity index (χ4v) is 0. The Bertz CT molecular complexity index is 4.85. The van der Waals surface area contributed by atoms with Gasteiger partial charge in [0.1, 0.15) is 0 Å². The molecule has 0 heterocycles. The number of hydrogen-bond acceptors (Lipinski definition) is 0. The van der Waals surface area contributed by atoms with Gasteiger partial charge in [-0.2, -0.15) is 0 Å². The van der Waals surface area contributed by atoms with Gasteiger partial charge in [-0.1, -0.05) is 0 Å². The van der Waals surface area contributed by atoms with E-state index in [2.05, 4.69) is 0 Å². The van der Waals surface area contributed by atoms with Gasteiger partial charge in [0.15, 0.2) is 0 Å².